The quantitative estimate of drug-likeness (QED) is 0.603. The molecule has 1 saturated heterocycles. The smallest absolute Gasteiger partial charge is 0.322 e. The zero-order valence-electron chi connectivity index (χ0n) is 21.8. The van der Waals surface area contributed by atoms with E-state index in [4.69, 9.17) is 0 Å². The van der Waals surface area contributed by atoms with E-state index in [1.807, 2.05) is 30.0 Å². The zero-order chi connectivity index (χ0) is 27.6. The topological polar surface area (TPSA) is 63.5 Å². The number of benzene rings is 2. The Hall–Kier alpha value is -3.94. The lowest BCUT2D eigenvalue weighted by atomic mass is 10.0. The van der Waals surface area contributed by atoms with Crippen molar-refractivity contribution in [2.45, 2.75) is 25.7 Å². The zero-order valence-corrected chi connectivity index (χ0v) is 21.8. The molecule has 0 bridgehead atoms. The van der Waals surface area contributed by atoms with Crippen LogP contribution in [0.1, 0.15) is 32.6 Å². The predicted molar refractivity (Wildman–Crippen MR) is 146 cm³/mol. The normalized spacial score (nSPS) is 19.4. The SMILES string of the molecule is Cc1ccc(C(=O)Nc2ccc(CN3CCN(C)CC3)c(C(F)(F)F)c2)cc1C#CC1CN=C2C=NC=CN21. The fraction of sp³-hybridized carbons (Fsp3) is 0.345. The first-order valence-electron chi connectivity index (χ1n) is 12.7. The summed E-state index contributed by atoms with van der Waals surface area (Å²) < 4.78 is 41.8. The van der Waals surface area contributed by atoms with Gasteiger partial charge in [0.1, 0.15) is 11.9 Å². The minimum absolute atomic E-state index is 0.0943. The standard InChI is InChI=1S/C29H29F3N6O/c1-20-3-4-22(15-21(20)6-8-25-17-34-27-18-33-9-10-38(25)27)28(39)35-24-7-5-23(26(16-24)29(30,31)32)19-37-13-11-36(2)12-14-37/h3-5,7,9-10,15-16,18,25H,11-14,17,19H2,1-2H3,(H,35,39). The summed E-state index contributed by atoms with van der Waals surface area (Å²) in [6.45, 7) is 5.68. The summed E-state index contributed by atoms with van der Waals surface area (Å²) in [4.78, 5) is 27.6. The largest absolute Gasteiger partial charge is 0.416 e. The van der Waals surface area contributed by atoms with E-state index in [1.165, 1.54) is 12.1 Å². The predicted octanol–water partition coefficient (Wildman–Crippen LogP) is 4.00. The number of hydrogen-bond acceptors (Lipinski definition) is 6. The van der Waals surface area contributed by atoms with Gasteiger partial charge in [-0.25, -0.2) is 0 Å². The molecule has 39 heavy (non-hydrogen) atoms. The molecule has 1 unspecified atom stereocenters. The molecule has 5 rings (SSSR count). The molecule has 1 fully saturated rings. The van der Waals surface area contributed by atoms with Gasteiger partial charge in [0.25, 0.3) is 5.91 Å². The molecule has 0 aliphatic carbocycles. The van der Waals surface area contributed by atoms with Gasteiger partial charge in [-0.05, 0) is 49.4 Å². The molecule has 1 atom stereocenters. The lowest BCUT2D eigenvalue weighted by Crippen LogP contribution is -2.44. The fourth-order valence-corrected chi connectivity index (χ4v) is 4.70. The number of nitrogens with zero attached hydrogens (tertiary/aromatic N) is 5. The van der Waals surface area contributed by atoms with Gasteiger partial charge >= 0.3 is 6.18 Å². The molecule has 3 aliphatic rings. The summed E-state index contributed by atoms with van der Waals surface area (Å²) in [5.41, 5.74) is 1.44. The van der Waals surface area contributed by atoms with Gasteiger partial charge in [0.2, 0.25) is 0 Å². The Labute approximate surface area is 225 Å². The molecule has 0 aromatic heterocycles. The first-order valence-corrected chi connectivity index (χ1v) is 12.7. The molecule has 2 aromatic carbocycles. The molecule has 7 nitrogen and oxygen atoms in total. The number of amidine groups is 1. The van der Waals surface area contributed by atoms with Crippen LogP contribution in [0.4, 0.5) is 18.9 Å². The van der Waals surface area contributed by atoms with Crippen molar-refractivity contribution in [3.8, 4) is 11.8 Å². The van der Waals surface area contributed by atoms with E-state index in [1.54, 1.807) is 30.6 Å². The van der Waals surface area contributed by atoms with Gasteiger partial charge < -0.3 is 15.1 Å². The highest BCUT2D eigenvalue weighted by Crippen LogP contribution is 2.34. The maximum absolute atomic E-state index is 13.9. The summed E-state index contributed by atoms with van der Waals surface area (Å²) in [7, 11) is 2.00. The van der Waals surface area contributed by atoms with Crippen LogP contribution in [0.15, 0.2) is 58.8 Å². The van der Waals surface area contributed by atoms with E-state index < -0.39 is 17.6 Å². The molecule has 202 valence electrons. The van der Waals surface area contributed by atoms with Gasteiger partial charge in [0, 0.05) is 61.9 Å². The number of halogens is 3. The molecule has 3 heterocycles. The van der Waals surface area contributed by atoms with Crippen LogP contribution in [-0.4, -0.2) is 78.5 Å². The molecule has 10 heteroatoms. The van der Waals surface area contributed by atoms with E-state index >= 15 is 0 Å². The highest BCUT2D eigenvalue weighted by atomic mass is 19.4. The molecular weight excluding hydrogens is 505 g/mol. The van der Waals surface area contributed by atoms with Gasteiger partial charge in [-0.3, -0.25) is 19.7 Å². The van der Waals surface area contributed by atoms with Gasteiger partial charge in [-0.1, -0.05) is 24.0 Å². The third kappa shape index (κ3) is 6.21. The Morgan fingerprint density at radius 3 is 2.69 bits per heavy atom. The van der Waals surface area contributed by atoms with Crippen LogP contribution >= 0.6 is 0 Å². The molecule has 0 spiro atoms. The number of hydrogen-bond donors (Lipinski definition) is 1. The average Bonchev–Trinajstić information content (AvgIpc) is 3.33. The Morgan fingerprint density at radius 2 is 1.92 bits per heavy atom. The number of piperazine rings is 1. The molecular formula is C29H29F3N6O. The number of aryl methyl sites for hydroxylation is 1. The highest BCUT2D eigenvalue weighted by molar-refractivity contribution is 6.31. The molecule has 1 N–H and O–H groups in total. The van der Waals surface area contributed by atoms with Crippen LogP contribution in [0.25, 0.3) is 0 Å². The molecule has 0 radical (unpaired) electrons. The van der Waals surface area contributed by atoms with Crippen LogP contribution in [-0.2, 0) is 12.7 Å². The van der Waals surface area contributed by atoms with Crippen LogP contribution in [0, 0.1) is 18.8 Å². The number of likely N-dealkylation sites (N-methyl/N-ethyl adjacent to an activating group) is 1. The number of alkyl halides is 3. The van der Waals surface area contributed by atoms with Gasteiger partial charge in [-0.2, -0.15) is 13.2 Å². The maximum Gasteiger partial charge on any atom is 0.416 e. The number of anilines is 1. The van der Waals surface area contributed by atoms with Crippen molar-refractivity contribution < 1.29 is 18.0 Å². The molecule has 3 aliphatic heterocycles. The summed E-state index contributed by atoms with van der Waals surface area (Å²) >= 11 is 0. The number of carbonyl (C=O) groups excluding carboxylic acids is 1. The Morgan fingerprint density at radius 1 is 1.13 bits per heavy atom. The number of carbonyl (C=O) groups is 1. The van der Waals surface area contributed by atoms with Crippen molar-refractivity contribution in [3.05, 3.63) is 76.6 Å². The summed E-state index contributed by atoms with van der Waals surface area (Å²) in [6.07, 6.45) is 0.654. The number of nitrogens with one attached hydrogen (secondary N) is 1. The van der Waals surface area contributed by atoms with Crippen LogP contribution in [0.3, 0.4) is 0 Å². The van der Waals surface area contributed by atoms with Crippen molar-refractivity contribution in [2.75, 3.05) is 45.1 Å². The first kappa shape index (κ1) is 26.7. The third-order valence-electron chi connectivity index (χ3n) is 7.07. The van der Waals surface area contributed by atoms with Crippen molar-refractivity contribution in [1.29, 1.82) is 0 Å². The average molecular weight is 535 g/mol. The minimum atomic E-state index is -4.53. The number of aliphatic imine (C=N–C) groups is 2. The summed E-state index contributed by atoms with van der Waals surface area (Å²) in [5, 5.41) is 2.63. The van der Waals surface area contributed by atoms with Crippen LogP contribution in [0.2, 0.25) is 0 Å². The van der Waals surface area contributed by atoms with Gasteiger partial charge in [0.05, 0.1) is 18.3 Å². The Kier molecular flexibility index (Phi) is 7.55. The molecule has 1 amide bonds. The van der Waals surface area contributed by atoms with E-state index in [-0.39, 0.29) is 23.8 Å². The van der Waals surface area contributed by atoms with Crippen molar-refractivity contribution >= 4 is 23.6 Å². The Bertz CT molecular complexity index is 1410. The van der Waals surface area contributed by atoms with E-state index in [2.05, 4.69) is 32.0 Å². The summed E-state index contributed by atoms with van der Waals surface area (Å²) in [6, 6.07) is 8.96. The highest BCUT2D eigenvalue weighted by Gasteiger charge is 2.34. The van der Waals surface area contributed by atoms with Crippen molar-refractivity contribution in [2.24, 2.45) is 9.98 Å². The summed E-state index contributed by atoms with van der Waals surface area (Å²) in [5.74, 6) is 6.61. The second-order valence-corrected chi connectivity index (χ2v) is 9.90. The fourth-order valence-electron chi connectivity index (χ4n) is 4.70. The molecule has 2 aromatic rings. The second kappa shape index (κ2) is 11.0. The second-order valence-electron chi connectivity index (χ2n) is 9.90. The minimum Gasteiger partial charge on any atom is -0.322 e. The number of fused-ring (bicyclic) bond motifs is 1. The van der Waals surface area contributed by atoms with E-state index in [0.717, 1.165) is 30.6 Å². The van der Waals surface area contributed by atoms with E-state index in [0.29, 0.717) is 30.8 Å². The maximum atomic E-state index is 13.9. The number of amides is 1. The van der Waals surface area contributed by atoms with Crippen LogP contribution in [0.5, 0.6) is 0 Å². The number of rotatable bonds is 4. The molecule has 0 saturated carbocycles. The monoisotopic (exact) mass is 534 g/mol. The van der Waals surface area contributed by atoms with Gasteiger partial charge in [0.15, 0.2) is 0 Å². The van der Waals surface area contributed by atoms with Crippen molar-refractivity contribution in [1.82, 2.24) is 14.7 Å². The van der Waals surface area contributed by atoms with Gasteiger partial charge in [-0.15, -0.1) is 0 Å². The Balaban J connectivity index is 1.31. The third-order valence-corrected chi connectivity index (χ3v) is 7.07. The van der Waals surface area contributed by atoms with Crippen molar-refractivity contribution in [3.63, 3.8) is 0 Å². The lowest BCUT2D eigenvalue weighted by Gasteiger charge is -2.33. The lowest BCUT2D eigenvalue weighted by molar-refractivity contribution is -0.138. The van der Waals surface area contributed by atoms with Crippen LogP contribution < -0.4 is 5.32 Å². The first-order chi connectivity index (χ1) is 18.7. The van der Waals surface area contributed by atoms with E-state index in [9.17, 15) is 18.0 Å².